The van der Waals surface area contributed by atoms with Gasteiger partial charge in [-0.05, 0) is 0 Å². The van der Waals surface area contributed by atoms with E-state index in [1.54, 1.807) is 24.3 Å². The number of anilines is 1. The van der Waals surface area contributed by atoms with Crippen LogP contribution in [0.5, 0.6) is 0 Å². The molecule has 0 aliphatic carbocycles. The first-order valence-electron chi connectivity index (χ1n) is 5.72. The summed E-state index contributed by atoms with van der Waals surface area (Å²) >= 11 is 2.46. The lowest BCUT2D eigenvalue weighted by atomic mass is 10.1. The number of nitrogens with one attached hydrogen (secondary N) is 1. The quantitative estimate of drug-likeness (QED) is 0.615. The molecule has 0 aliphatic heterocycles. The molecule has 0 fully saturated rings. The van der Waals surface area contributed by atoms with Crippen molar-refractivity contribution < 1.29 is 9.59 Å². The van der Waals surface area contributed by atoms with Gasteiger partial charge in [0.15, 0.2) is 10.1 Å². The molecular weight excluding hydrogens is 296 g/mol. The molecule has 1 amide bonds. The van der Waals surface area contributed by atoms with Gasteiger partial charge in [0.25, 0.3) is 0 Å². The molecule has 6 nitrogen and oxygen atoms in total. The highest BCUT2D eigenvalue weighted by Gasteiger charge is 2.09. The van der Waals surface area contributed by atoms with Gasteiger partial charge in [-0.15, -0.1) is 10.2 Å². The van der Waals surface area contributed by atoms with E-state index in [0.717, 1.165) is 0 Å². The second kappa shape index (κ2) is 7.01. The Balaban J connectivity index is 1.74. The molecule has 1 aromatic heterocycles. The lowest BCUT2D eigenvalue weighted by Gasteiger charge is -2.03. The summed E-state index contributed by atoms with van der Waals surface area (Å²) < 4.78 is 0.632. The van der Waals surface area contributed by atoms with Gasteiger partial charge in [0.2, 0.25) is 11.0 Å². The molecule has 0 unspecified atom stereocenters. The highest BCUT2D eigenvalue weighted by Crippen LogP contribution is 2.22. The van der Waals surface area contributed by atoms with Gasteiger partial charge in [-0.25, -0.2) is 0 Å². The molecule has 20 heavy (non-hydrogen) atoms. The van der Waals surface area contributed by atoms with Crippen LogP contribution < -0.4 is 11.1 Å². The first-order valence-corrected chi connectivity index (χ1v) is 7.52. The number of carbonyl (C=O) groups is 2. The summed E-state index contributed by atoms with van der Waals surface area (Å²) in [6, 6.07) is 8.83. The molecule has 0 atom stereocenters. The van der Waals surface area contributed by atoms with Gasteiger partial charge in [0.1, 0.15) is 0 Å². The third-order valence-electron chi connectivity index (χ3n) is 2.29. The Hall–Kier alpha value is -1.93. The summed E-state index contributed by atoms with van der Waals surface area (Å²) in [6.07, 6.45) is 0. The number of Topliss-reactive ketones (excluding diaryl/α,β-unsaturated/α-hetero) is 1. The number of carbonyl (C=O) groups excluding carboxylic acids is 2. The van der Waals surface area contributed by atoms with Crippen LogP contribution in [0.15, 0.2) is 34.7 Å². The largest absolute Gasteiger partial charge is 0.374 e. The number of hydrogen-bond donors (Lipinski definition) is 2. The SMILES string of the molecule is Nc1nnc(SCC(=O)NCC(=O)c2ccccc2)s1. The van der Waals surface area contributed by atoms with Crippen LogP contribution in [0.4, 0.5) is 5.13 Å². The highest BCUT2D eigenvalue weighted by atomic mass is 32.2. The fraction of sp³-hybridized carbons (Fsp3) is 0.167. The van der Waals surface area contributed by atoms with Crippen molar-refractivity contribution in [3.05, 3.63) is 35.9 Å². The Bertz CT molecular complexity index is 601. The second-order valence-corrected chi connectivity index (χ2v) is 5.99. The zero-order chi connectivity index (χ0) is 14.4. The number of rotatable bonds is 6. The maximum atomic E-state index is 11.8. The Morgan fingerprint density at radius 3 is 2.65 bits per heavy atom. The van der Waals surface area contributed by atoms with Crippen molar-refractivity contribution in [1.29, 1.82) is 0 Å². The van der Waals surface area contributed by atoms with Crippen molar-refractivity contribution in [3.63, 3.8) is 0 Å². The predicted octanol–water partition coefficient (Wildman–Crippen LogP) is 1.21. The van der Waals surface area contributed by atoms with E-state index in [-0.39, 0.29) is 24.0 Å². The molecule has 0 spiro atoms. The van der Waals surface area contributed by atoms with E-state index in [0.29, 0.717) is 15.0 Å². The Labute approximate surface area is 123 Å². The number of aromatic nitrogens is 2. The third kappa shape index (κ3) is 4.32. The van der Waals surface area contributed by atoms with E-state index in [9.17, 15) is 9.59 Å². The van der Waals surface area contributed by atoms with Crippen molar-refractivity contribution in [3.8, 4) is 0 Å². The van der Waals surface area contributed by atoms with E-state index in [2.05, 4.69) is 15.5 Å². The summed E-state index contributed by atoms with van der Waals surface area (Å²) in [6.45, 7) is -0.0122. The first-order chi connectivity index (χ1) is 9.65. The van der Waals surface area contributed by atoms with Crippen molar-refractivity contribution >= 4 is 39.9 Å². The number of ketones is 1. The van der Waals surface area contributed by atoms with Crippen molar-refractivity contribution in [2.75, 3.05) is 18.0 Å². The van der Waals surface area contributed by atoms with Crippen LogP contribution in [-0.4, -0.2) is 34.2 Å². The number of nitrogens with zero attached hydrogens (tertiary/aromatic N) is 2. The predicted molar refractivity (Wildman–Crippen MR) is 78.8 cm³/mol. The lowest BCUT2D eigenvalue weighted by molar-refractivity contribution is -0.118. The van der Waals surface area contributed by atoms with E-state index in [1.807, 2.05) is 6.07 Å². The fourth-order valence-corrected chi connectivity index (χ4v) is 2.83. The molecule has 3 N–H and O–H groups in total. The highest BCUT2D eigenvalue weighted by molar-refractivity contribution is 8.01. The molecule has 8 heteroatoms. The molecule has 1 aromatic carbocycles. The summed E-state index contributed by atoms with van der Waals surface area (Å²) in [5.41, 5.74) is 6.02. The lowest BCUT2D eigenvalue weighted by Crippen LogP contribution is -2.30. The van der Waals surface area contributed by atoms with Gasteiger partial charge in [0, 0.05) is 5.56 Å². The molecule has 0 saturated heterocycles. The molecule has 0 aliphatic rings. The number of nitrogens with two attached hydrogens (primary N) is 1. The number of hydrogen-bond acceptors (Lipinski definition) is 7. The number of benzene rings is 1. The molecule has 2 rings (SSSR count). The molecule has 0 radical (unpaired) electrons. The van der Waals surface area contributed by atoms with Gasteiger partial charge in [-0.3, -0.25) is 9.59 Å². The third-order valence-corrected chi connectivity index (χ3v) is 4.18. The topological polar surface area (TPSA) is 98.0 Å². The molecule has 2 aromatic rings. The first kappa shape index (κ1) is 14.5. The van der Waals surface area contributed by atoms with Gasteiger partial charge in [-0.2, -0.15) is 0 Å². The molecular formula is C12H12N4O2S2. The fourth-order valence-electron chi connectivity index (χ4n) is 1.36. The van der Waals surface area contributed by atoms with Crippen LogP contribution in [0, 0.1) is 0 Å². The van der Waals surface area contributed by atoms with Crippen LogP contribution in [0.3, 0.4) is 0 Å². The summed E-state index contributed by atoms with van der Waals surface area (Å²) in [4.78, 5) is 23.4. The van der Waals surface area contributed by atoms with E-state index >= 15 is 0 Å². The van der Waals surface area contributed by atoms with Gasteiger partial charge < -0.3 is 11.1 Å². The Kier molecular flexibility index (Phi) is 5.08. The number of amides is 1. The molecule has 104 valence electrons. The van der Waals surface area contributed by atoms with Crippen LogP contribution >= 0.6 is 23.1 Å². The standard InChI is InChI=1S/C12H12N4O2S2/c13-11-15-16-12(20-11)19-7-10(18)14-6-9(17)8-4-2-1-3-5-8/h1-5H,6-7H2,(H2,13,15)(H,14,18). The monoisotopic (exact) mass is 308 g/mol. The Morgan fingerprint density at radius 1 is 1.25 bits per heavy atom. The van der Waals surface area contributed by atoms with E-state index in [1.165, 1.54) is 23.1 Å². The molecule has 0 saturated carbocycles. The van der Waals surface area contributed by atoms with Crippen LogP contribution in [0.25, 0.3) is 0 Å². The van der Waals surface area contributed by atoms with Crippen molar-refractivity contribution in [2.24, 2.45) is 0 Å². The normalized spacial score (nSPS) is 10.2. The van der Waals surface area contributed by atoms with Crippen molar-refractivity contribution in [1.82, 2.24) is 15.5 Å². The molecule has 1 heterocycles. The minimum Gasteiger partial charge on any atom is -0.374 e. The van der Waals surface area contributed by atoms with Gasteiger partial charge in [0.05, 0.1) is 12.3 Å². The van der Waals surface area contributed by atoms with Gasteiger partial charge >= 0.3 is 0 Å². The van der Waals surface area contributed by atoms with Crippen LogP contribution in [0.1, 0.15) is 10.4 Å². The molecule has 0 bridgehead atoms. The van der Waals surface area contributed by atoms with Crippen molar-refractivity contribution in [2.45, 2.75) is 4.34 Å². The maximum Gasteiger partial charge on any atom is 0.230 e. The van der Waals surface area contributed by atoms with Gasteiger partial charge in [-0.1, -0.05) is 53.4 Å². The second-order valence-electron chi connectivity index (χ2n) is 3.76. The van der Waals surface area contributed by atoms with E-state index < -0.39 is 0 Å². The van der Waals surface area contributed by atoms with Crippen LogP contribution in [-0.2, 0) is 4.79 Å². The minimum atomic E-state index is -0.229. The number of thioether (sulfide) groups is 1. The average Bonchev–Trinajstić information content (AvgIpc) is 2.89. The summed E-state index contributed by atoms with van der Waals surface area (Å²) in [5, 5.41) is 10.4. The summed E-state index contributed by atoms with van der Waals surface area (Å²) in [7, 11) is 0. The zero-order valence-corrected chi connectivity index (χ0v) is 12.0. The smallest absolute Gasteiger partial charge is 0.230 e. The number of nitrogen functional groups attached to an aromatic ring is 1. The zero-order valence-electron chi connectivity index (χ0n) is 10.4. The van der Waals surface area contributed by atoms with Crippen LogP contribution in [0.2, 0.25) is 0 Å². The maximum absolute atomic E-state index is 11.8. The average molecular weight is 308 g/mol. The summed E-state index contributed by atoms with van der Waals surface area (Å²) in [5.74, 6) is -0.173. The Morgan fingerprint density at radius 2 is 2.00 bits per heavy atom. The van der Waals surface area contributed by atoms with E-state index in [4.69, 9.17) is 5.73 Å². The minimum absolute atomic E-state index is 0.0122.